The van der Waals surface area contributed by atoms with Crippen LogP contribution in [0.25, 0.3) is 11.0 Å². The van der Waals surface area contributed by atoms with Crippen LogP contribution in [0.5, 0.6) is 0 Å². The molecule has 0 spiro atoms. The van der Waals surface area contributed by atoms with Crippen LogP contribution in [-0.2, 0) is 16.1 Å². The first-order valence-corrected chi connectivity index (χ1v) is 9.89. The van der Waals surface area contributed by atoms with Crippen LogP contribution in [0.4, 0.5) is 26.3 Å². The quantitative estimate of drug-likeness (QED) is 0.494. The molecule has 0 bridgehead atoms. The zero-order valence-corrected chi connectivity index (χ0v) is 18.7. The van der Waals surface area contributed by atoms with E-state index in [1.165, 1.54) is 5.52 Å². The third kappa shape index (κ3) is 11.3. The monoisotopic (exact) mass is 503 g/mol. The second-order valence-corrected chi connectivity index (χ2v) is 7.11. The lowest BCUT2D eigenvalue weighted by molar-refractivity contribution is -0.193. The van der Waals surface area contributed by atoms with Gasteiger partial charge in [-0.1, -0.05) is 12.1 Å². The highest BCUT2D eigenvalue weighted by molar-refractivity contribution is 5.75. The molecular formula is C20H27F6N3O5. The Bertz CT molecular complexity index is 888. The average molecular weight is 503 g/mol. The van der Waals surface area contributed by atoms with E-state index in [0.29, 0.717) is 6.04 Å². The smallest absolute Gasteiger partial charge is 0.475 e. The maximum Gasteiger partial charge on any atom is 0.490 e. The van der Waals surface area contributed by atoms with Crippen LogP contribution in [0.3, 0.4) is 0 Å². The number of carbonyl (C=O) groups is 2. The minimum absolute atomic E-state index is 0.227. The molecule has 14 heteroatoms. The van der Waals surface area contributed by atoms with E-state index < -0.39 is 24.3 Å². The molecule has 0 saturated heterocycles. The Morgan fingerprint density at radius 3 is 1.88 bits per heavy atom. The van der Waals surface area contributed by atoms with Crippen LogP contribution in [0.15, 0.2) is 24.3 Å². The standard InChI is InChI=1S/C16H25N3O.2C2HF3O2/c1-13(2)18(11-12-20)9-6-10-19-14(3)17-15-7-4-5-8-16(15)19;2*3-2(4,5)1(6)7/h4-5,7-8,13,20H,6,9-12H2,1-3H3;2*(H,6,7). The molecule has 0 fully saturated rings. The molecule has 1 aromatic carbocycles. The Morgan fingerprint density at radius 2 is 1.47 bits per heavy atom. The molecule has 0 amide bonds. The summed E-state index contributed by atoms with van der Waals surface area (Å²) in [7, 11) is 0. The fraction of sp³-hybridized carbons (Fsp3) is 0.550. The van der Waals surface area contributed by atoms with E-state index in [1.54, 1.807) is 0 Å². The number of carboxylic acid groups (broad SMARTS) is 2. The van der Waals surface area contributed by atoms with Crippen molar-refractivity contribution in [2.45, 2.75) is 52.1 Å². The predicted octanol–water partition coefficient (Wildman–Crippen LogP) is 3.70. The van der Waals surface area contributed by atoms with E-state index in [2.05, 4.69) is 53.4 Å². The molecule has 1 aromatic heterocycles. The van der Waals surface area contributed by atoms with Gasteiger partial charge in [-0.3, -0.25) is 4.90 Å². The SMILES string of the molecule is Cc1nc2ccccc2n1CCCN(CCO)C(C)C.O=C(O)C(F)(F)F.O=C(O)C(F)(F)F. The first kappa shape index (κ1) is 31.1. The maximum absolute atomic E-state index is 10.6. The summed E-state index contributed by atoms with van der Waals surface area (Å²) in [4.78, 5) is 24.7. The molecule has 0 aliphatic carbocycles. The number of benzene rings is 1. The second kappa shape index (κ2) is 13.7. The average Bonchev–Trinajstić information content (AvgIpc) is 3.02. The summed E-state index contributed by atoms with van der Waals surface area (Å²) in [5.41, 5.74) is 2.28. The molecule has 0 atom stereocenters. The molecule has 2 rings (SSSR count). The summed E-state index contributed by atoms with van der Waals surface area (Å²) in [6, 6.07) is 8.75. The number of aliphatic hydroxyl groups is 1. The number of imidazole rings is 1. The topological polar surface area (TPSA) is 116 Å². The number of aliphatic carboxylic acids is 2. The lowest BCUT2D eigenvalue weighted by Crippen LogP contribution is -2.34. The highest BCUT2D eigenvalue weighted by atomic mass is 19.4. The molecule has 0 saturated carbocycles. The van der Waals surface area contributed by atoms with E-state index >= 15 is 0 Å². The van der Waals surface area contributed by atoms with Gasteiger partial charge in [0.15, 0.2) is 0 Å². The minimum Gasteiger partial charge on any atom is -0.475 e. The number of nitrogens with zero attached hydrogens (tertiary/aromatic N) is 3. The van der Waals surface area contributed by atoms with Crippen LogP contribution in [0.2, 0.25) is 0 Å². The van der Waals surface area contributed by atoms with E-state index in [0.717, 1.165) is 37.4 Å². The van der Waals surface area contributed by atoms with Gasteiger partial charge in [0.2, 0.25) is 0 Å². The van der Waals surface area contributed by atoms with Crippen molar-refractivity contribution >= 4 is 23.0 Å². The summed E-state index contributed by atoms with van der Waals surface area (Å²) in [5.74, 6) is -4.44. The molecule has 1 heterocycles. The van der Waals surface area contributed by atoms with Gasteiger partial charge in [0.25, 0.3) is 0 Å². The van der Waals surface area contributed by atoms with Crippen LogP contribution in [0.1, 0.15) is 26.1 Å². The van der Waals surface area contributed by atoms with E-state index in [1.807, 2.05) is 6.07 Å². The van der Waals surface area contributed by atoms with Gasteiger partial charge in [-0.05, 0) is 39.3 Å². The van der Waals surface area contributed by atoms with Crippen molar-refractivity contribution in [3.8, 4) is 0 Å². The molecule has 0 aliphatic heterocycles. The Labute approximate surface area is 191 Å². The largest absolute Gasteiger partial charge is 0.490 e. The van der Waals surface area contributed by atoms with Gasteiger partial charge in [-0.2, -0.15) is 26.3 Å². The molecule has 8 nitrogen and oxygen atoms in total. The van der Waals surface area contributed by atoms with Crippen LogP contribution < -0.4 is 0 Å². The van der Waals surface area contributed by atoms with Crippen molar-refractivity contribution in [1.29, 1.82) is 0 Å². The number of para-hydroxylation sites is 2. The van der Waals surface area contributed by atoms with Crippen molar-refractivity contribution < 1.29 is 51.3 Å². The summed E-state index contributed by atoms with van der Waals surface area (Å²) in [6.07, 6.45) is -9.10. The number of rotatable bonds is 7. The predicted molar refractivity (Wildman–Crippen MR) is 110 cm³/mol. The summed E-state index contributed by atoms with van der Waals surface area (Å²) < 4.78 is 65.8. The van der Waals surface area contributed by atoms with E-state index in [-0.39, 0.29) is 6.61 Å². The van der Waals surface area contributed by atoms with Gasteiger partial charge in [0, 0.05) is 25.7 Å². The maximum atomic E-state index is 10.6. The molecule has 0 radical (unpaired) electrons. The Morgan fingerprint density at radius 1 is 1.00 bits per heavy atom. The highest BCUT2D eigenvalue weighted by Gasteiger charge is 2.38. The zero-order valence-electron chi connectivity index (χ0n) is 18.7. The molecule has 0 aliphatic rings. The van der Waals surface area contributed by atoms with Crippen molar-refractivity contribution in [1.82, 2.24) is 14.5 Å². The van der Waals surface area contributed by atoms with E-state index in [4.69, 9.17) is 24.9 Å². The molecule has 34 heavy (non-hydrogen) atoms. The Balaban J connectivity index is 0.000000642. The molecule has 3 N–H and O–H groups in total. The van der Waals surface area contributed by atoms with Gasteiger partial charge in [0.05, 0.1) is 17.6 Å². The number of hydrogen-bond acceptors (Lipinski definition) is 5. The Hall–Kier alpha value is -2.87. The molecular weight excluding hydrogens is 476 g/mol. The number of aromatic nitrogens is 2. The number of halogens is 6. The first-order chi connectivity index (χ1) is 15.5. The number of alkyl halides is 6. The van der Waals surface area contributed by atoms with Crippen LogP contribution in [0, 0.1) is 6.92 Å². The molecule has 2 aromatic rings. The molecule has 0 unspecified atom stereocenters. The van der Waals surface area contributed by atoms with Crippen molar-refractivity contribution in [3.05, 3.63) is 30.1 Å². The summed E-state index contributed by atoms with van der Waals surface area (Å²) >= 11 is 0. The van der Waals surface area contributed by atoms with Crippen LogP contribution >= 0.6 is 0 Å². The fourth-order valence-corrected chi connectivity index (χ4v) is 2.67. The first-order valence-electron chi connectivity index (χ1n) is 9.89. The Kier molecular flexibility index (Phi) is 12.6. The fourth-order valence-electron chi connectivity index (χ4n) is 2.67. The zero-order chi connectivity index (χ0) is 26.7. The number of fused-ring (bicyclic) bond motifs is 1. The van der Waals surface area contributed by atoms with Gasteiger partial charge < -0.3 is 19.9 Å². The number of carboxylic acids is 2. The second-order valence-electron chi connectivity index (χ2n) is 7.11. The van der Waals surface area contributed by atoms with Gasteiger partial charge in [-0.15, -0.1) is 0 Å². The normalized spacial score (nSPS) is 11.6. The van der Waals surface area contributed by atoms with Crippen LogP contribution in [-0.4, -0.2) is 79.8 Å². The van der Waals surface area contributed by atoms with Crippen molar-refractivity contribution in [3.63, 3.8) is 0 Å². The minimum atomic E-state index is -5.08. The van der Waals surface area contributed by atoms with E-state index in [9.17, 15) is 26.3 Å². The van der Waals surface area contributed by atoms with Gasteiger partial charge in [-0.25, -0.2) is 14.6 Å². The van der Waals surface area contributed by atoms with Crippen molar-refractivity contribution in [2.75, 3.05) is 19.7 Å². The highest BCUT2D eigenvalue weighted by Crippen LogP contribution is 2.16. The van der Waals surface area contributed by atoms with Gasteiger partial charge in [0.1, 0.15) is 5.82 Å². The summed E-state index contributed by atoms with van der Waals surface area (Å²) in [5, 5.41) is 23.3. The summed E-state index contributed by atoms with van der Waals surface area (Å²) in [6.45, 7) is 9.37. The third-order valence-corrected chi connectivity index (χ3v) is 4.27. The lowest BCUT2D eigenvalue weighted by atomic mass is 10.2. The number of aryl methyl sites for hydroxylation is 2. The van der Waals surface area contributed by atoms with Crippen molar-refractivity contribution in [2.24, 2.45) is 0 Å². The third-order valence-electron chi connectivity index (χ3n) is 4.27. The number of aliphatic hydroxyl groups excluding tert-OH is 1. The number of hydrogen-bond donors (Lipinski definition) is 3. The van der Waals surface area contributed by atoms with Gasteiger partial charge >= 0.3 is 24.3 Å². The lowest BCUT2D eigenvalue weighted by Gasteiger charge is -2.25. The molecule has 194 valence electrons.